The van der Waals surface area contributed by atoms with E-state index in [9.17, 15) is 18.0 Å². The van der Waals surface area contributed by atoms with Crippen molar-refractivity contribution in [1.82, 2.24) is 5.32 Å². The van der Waals surface area contributed by atoms with Gasteiger partial charge in [0, 0.05) is 12.0 Å². The van der Waals surface area contributed by atoms with Crippen LogP contribution in [-0.4, -0.2) is 18.1 Å². The van der Waals surface area contributed by atoms with E-state index in [1.807, 2.05) is 0 Å². The Morgan fingerprint density at radius 2 is 1.52 bits per heavy atom. The van der Waals surface area contributed by atoms with Crippen molar-refractivity contribution in [3.63, 3.8) is 0 Å². The molecule has 5 aliphatic carbocycles. The van der Waals surface area contributed by atoms with Gasteiger partial charge in [-0.2, -0.15) is 13.2 Å². The van der Waals surface area contributed by atoms with Gasteiger partial charge >= 0.3 is 6.18 Å². The average molecular weight is 357 g/mol. The Hall–Kier alpha value is -0.740. The highest BCUT2D eigenvalue weighted by molar-refractivity contribution is 5.79. The molecule has 5 aliphatic rings. The van der Waals surface area contributed by atoms with Gasteiger partial charge in [0.05, 0.1) is 5.92 Å². The van der Waals surface area contributed by atoms with Gasteiger partial charge in [0.1, 0.15) is 0 Å². The van der Waals surface area contributed by atoms with Gasteiger partial charge in [0.2, 0.25) is 5.91 Å². The fourth-order valence-electron chi connectivity index (χ4n) is 7.02. The summed E-state index contributed by atoms with van der Waals surface area (Å²) in [7, 11) is 0. The molecule has 5 fully saturated rings. The predicted octanol–water partition coefficient (Wildman–Crippen LogP) is 5.08. The Morgan fingerprint density at radius 1 is 1.00 bits per heavy atom. The summed E-state index contributed by atoms with van der Waals surface area (Å²) in [4.78, 5) is 12.7. The summed E-state index contributed by atoms with van der Waals surface area (Å²) in [5.41, 5.74) is 0.146. The molecular formula is C20H30F3NO. The standard InChI is InChI=1S/C20H30F3NO/c1-12(19-9-13-6-14(10-19)8-15(7-13)11-19)24-18(25)16-4-2-3-5-17(16)20(21,22)23/h12-17H,2-11H2,1H3,(H,24,25)/t12-,13?,14?,15?,16-,17+,19?/m0/s1. The predicted molar refractivity (Wildman–Crippen MR) is 89.7 cm³/mol. The van der Waals surface area contributed by atoms with Crippen LogP contribution >= 0.6 is 0 Å². The average Bonchev–Trinajstić information content (AvgIpc) is 2.52. The van der Waals surface area contributed by atoms with E-state index in [1.165, 1.54) is 19.3 Å². The van der Waals surface area contributed by atoms with Crippen LogP contribution in [0.5, 0.6) is 0 Å². The lowest BCUT2D eigenvalue weighted by molar-refractivity contribution is -0.198. The van der Waals surface area contributed by atoms with E-state index >= 15 is 0 Å². The number of halogens is 3. The number of amides is 1. The molecule has 25 heavy (non-hydrogen) atoms. The SMILES string of the molecule is C[C@H](NC(=O)[C@H]1CCCC[C@H]1C(F)(F)F)C12CC3CC(CC(C3)C1)C2. The first-order chi connectivity index (χ1) is 11.8. The summed E-state index contributed by atoms with van der Waals surface area (Å²) in [5.74, 6) is -0.338. The number of rotatable bonds is 3. The van der Waals surface area contributed by atoms with E-state index in [0.717, 1.165) is 43.4 Å². The van der Waals surface area contributed by atoms with Gasteiger partial charge in [-0.25, -0.2) is 0 Å². The molecule has 0 heterocycles. The molecule has 0 aliphatic heterocycles. The second-order valence-corrected chi connectivity index (χ2v) is 9.55. The first kappa shape index (κ1) is 17.7. The zero-order valence-electron chi connectivity index (χ0n) is 15.1. The molecule has 0 aromatic carbocycles. The van der Waals surface area contributed by atoms with Crippen molar-refractivity contribution in [2.75, 3.05) is 0 Å². The molecule has 0 aromatic rings. The molecule has 5 heteroatoms. The lowest BCUT2D eigenvalue weighted by Crippen LogP contribution is -2.57. The van der Waals surface area contributed by atoms with Crippen molar-refractivity contribution in [1.29, 1.82) is 0 Å². The Bertz CT molecular complexity index is 494. The highest BCUT2D eigenvalue weighted by Crippen LogP contribution is 2.61. The topological polar surface area (TPSA) is 29.1 Å². The summed E-state index contributed by atoms with van der Waals surface area (Å²) in [6, 6.07) is 0.00390. The van der Waals surface area contributed by atoms with Gasteiger partial charge in [-0.1, -0.05) is 12.8 Å². The van der Waals surface area contributed by atoms with Gasteiger partial charge in [0.25, 0.3) is 0 Å². The molecule has 4 bridgehead atoms. The van der Waals surface area contributed by atoms with Gasteiger partial charge in [0.15, 0.2) is 0 Å². The normalized spacial score (nSPS) is 44.6. The summed E-state index contributed by atoms with van der Waals surface area (Å²) in [6.07, 6.45) is 5.02. The van der Waals surface area contributed by atoms with Crippen molar-refractivity contribution in [3.8, 4) is 0 Å². The third kappa shape index (κ3) is 3.21. The minimum absolute atomic E-state index is 0.00390. The van der Waals surface area contributed by atoms with E-state index in [1.54, 1.807) is 0 Å². The molecule has 0 saturated heterocycles. The van der Waals surface area contributed by atoms with Crippen molar-refractivity contribution in [3.05, 3.63) is 0 Å². The van der Waals surface area contributed by atoms with E-state index < -0.39 is 18.0 Å². The molecule has 5 rings (SSSR count). The second-order valence-electron chi connectivity index (χ2n) is 9.55. The highest BCUT2D eigenvalue weighted by Gasteiger charge is 2.54. The zero-order chi connectivity index (χ0) is 17.8. The van der Waals surface area contributed by atoms with Crippen LogP contribution in [0.2, 0.25) is 0 Å². The largest absolute Gasteiger partial charge is 0.392 e. The van der Waals surface area contributed by atoms with Crippen molar-refractivity contribution in [2.24, 2.45) is 35.0 Å². The quantitative estimate of drug-likeness (QED) is 0.750. The summed E-state index contributed by atoms with van der Waals surface area (Å²) in [5, 5.41) is 3.07. The van der Waals surface area contributed by atoms with Crippen LogP contribution in [0.25, 0.3) is 0 Å². The van der Waals surface area contributed by atoms with Crippen LogP contribution in [0.3, 0.4) is 0 Å². The molecule has 0 aromatic heterocycles. The van der Waals surface area contributed by atoms with Crippen LogP contribution in [-0.2, 0) is 4.79 Å². The maximum atomic E-state index is 13.3. The van der Waals surface area contributed by atoms with E-state index in [0.29, 0.717) is 12.8 Å². The van der Waals surface area contributed by atoms with E-state index in [2.05, 4.69) is 12.2 Å². The van der Waals surface area contributed by atoms with Crippen LogP contribution in [0, 0.1) is 35.0 Å². The number of hydrogen-bond donors (Lipinski definition) is 1. The molecule has 0 spiro atoms. The van der Waals surface area contributed by atoms with Crippen LogP contribution in [0.4, 0.5) is 13.2 Å². The van der Waals surface area contributed by atoms with Crippen molar-refractivity contribution in [2.45, 2.75) is 83.4 Å². The summed E-state index contributed by atoms with van der Waals surface area (Å²) in [6.45, 7) is 2.05. The number of carbonyl (C=O) groups excluding carboxylic acids is 1. The van der Waals surface area contributed by atoms with Gasteiger partial charge < -0.3 is 5.32 Å². The molecule has 0 radical (unpaired) electrons. The number of alkyl halides is 3. The van der Waals surface area contributed by atoms with Gasteiger partial charge in [-0.05, 0) is 81.5 Å². The first-order valence-corrected chi connectivity index (χ1v) is 10.1. The number of carbonyl (C=O) groups is 1. The maximum absolute atomic E-state index is 13.3. The zero-order valence-corrected chi connectivity index (χ0v) is 15.1. The molecule has 142 valence electrons. The monoisotopic (exact) mass is 357 g/mol. The first-order valence-electron chi connectivity index (χ1n) is 10.1. The van der Waals surface area contributed by atoms with Crippen LogP contribution < -0.4 is 5.32 Å². The highest BCUT2D eigenvalue weighted by atomic mass is 19.4. The Kier molecular flexibility index (Phi) is 4.35. The Labute approximate surface area is 148 Å². The lowest BCUT2D eigenvalue weighted by Gasteiger charge is -2.59. The van der Waals surface area contributed by atoms with Crippen molar-refractivity contribution < 1.29 is 18.0 Å². The molecule has 3 atom stereocenters. The maximum Gasteiger partial charge on any atom is 0.392 e. The Morgan fingerprint density at radius 3 is 2.04 bits per heavy atom. The number of hydrogen-bond acceptors (Lipinski definition) is 1. The molecular weight excluding hydrogens is 327 g/mol. The van der Waals surface area contributed by atoms with Crippen molar-refractivity contribution >= 4 is 5.91 Å². The fraction of sp³-hybridized carbons (Fsp3) is 0.950. The van der Waals surface area contributed by atoms with Gasteiger partial charge in [-0.15, -0.1) is 0 Å². The number of nitrogens with one attached hydrogen (secondary N) is 1. The summed E-state index contributed by atoms with van der Waals surface area (Å²) >= 11 is 0. The van der Waals surface area contributed by atoms with Crippen LogP contribution in [0.15, 0.2) is 0 Å². The summed E-state index contributed by atoms with van der Waals surface area (Å²) < 4.78 is 40.0. The minimum atomic E-state index is -4.26. The lowest BCUT2D eigenvalue weighted by atomic mass is 9.48. The molecule has 2 nitrogen and oxygen atoms in total. The Balaban J connectivity index is 1.45. The minimum Gasteiger partial charge on any atom is -0.353 e. The third-order valence-electron chi connectivity index (χ3n) is 7.89. The van der Waals surface area contributed by atoms with Gasteiger partial charge in [-0.3, -0.25) is 4.79 Å². The molecule has 1 N–H and O–H groups in total. The van der Waals surface area contributed by atoms with E-state index in [4.69, 9.17) is 0 Å². The molecule has 5 saturated carbocycles. The smallest absolute Gasteiger partial charge is 0.353 e. The molecule has 0 unspecified atom stereocenters. The fourth-order valence-corrected chi connectivity index (χ4v) is 7.02. The second kappa shape index (κ2) is 6.16. The van der Waals surface area contributed by atoms with Crippen LogP contribution in [0.1, 0.15) is 71.1 Å². The third-order valence-corrected chi connectivity index (χ3v) is 7.89. The molecule has 1 amide bonds. The van der Waals surface area contributed by atoms with E-state index in [-0.39, 0.29) is 23.8 Å².